The van der Waals surface area contributed by atoms with Gasteiger partial charge in [-0.05, 0) is 33.1 Å². The van der Waals surface area contributed by atoms with Gasteiger partial charge in [0, 0.05) is 18.2 Å². The normalized spacial score (nSPS) is 41.9. The summed E-state index contributed by atoms with van der Waals surface area (Å²) in [5.41, 5.74) is -0.208. The van der Waals surface area contributed by atoms with Crippen molar-refractivity contribution in [2.75, 3.05) is 18.1 Å². The Hall–Kier alpha value is -0.130. The fourth-order valence-electron chi connectivity index (χ4n) is 2.67. The van der Waals surface area contributed by atoms with Crippen LogP contribution in [0.5, 0.6) is 0 Å². The van der Waals surface area contributed by atoms with E-state index in [1.807, 2.05) is 13.8 Å². The van der Waals surface area contributed by atoms with E-state index in [9.17, 15) is 8.42 Å². The average molecular weight is 247 g/mol. The Morgan fingerprint density at radius 1 is 1.44 bits per heavy atom. The van der Waals surface area contributed by atoms with Crippen LogP contribution < -0.4 is 5.32 Å². The molecule has 1 aliphatic carbocycles. The Kier molecular flexibility index (Phi) is 3.29. The fraction of sp³-hybridized carbons (Fsp3) is 1.00. The van der Waals surface area contributed by atoms with Crippen molar-refractivity contribution in [1.82, 2.24) is 5.32 Å². The van der Waals surface area contributed by atoms with Gasteiger partial charge in [-0.25, -0.2) is 8.42 Å². The summed E-state index contributed by atoms with van der Waals surface area (Å²) in [4.78, 5) is 0. The molecule has 1 atom stereocenters. The predicted octanol–water partition coefficient (Wildman–Crippen LogP) is 0.721. The van der Waals surface area contributed by atoms with Crippen LogP contribution in [0.15, 0.2) is 0 Å². The molecule has 0 spiro atoms. The van der Waals surface area contributed by atoms with Crippen molar-refractivity contribution in [3.8, 4) is 0 Å². The molecule has 0 amide bonds. The molecule has 1 saturated heterocycles. The molecule has 4 nitrogen and oxygen atoms in total. The van der Waals surface area contributed by atoms with Gasteiger partial charge in [-0.1, -0.05) is 0 Å². The molecule has 16 heavy (non-hydrogen) atoms. The van der Waals surface area contributed by atoms with E-state index in [4.69, 9.17) is 4.74 Å². The van der Waals surface area contributed by atoms with E-state index in [-0.39, 0.29) is 11.3 Å². The molecule has 0 aromatic rings. The zero-order chi connectivity index (χ0) is 11.8. The Morgan fingerprint density at radius 3 is 2.62 bits per heavy atom. The lowest BCUT2D eigenvalue weighted by Gasteiger charge is -2.40. The van der Waals surface area contributed by atoms with Gasteiger partial charge in [0.25, 0.3) is 0 Å². The Balaban J connectivity index is 1.79. The van der Waals surface area contributed by atoms with Crippen molar-refractivity contribution >= 4 is 9.84 Å². The van der Waals surface area contributed by atoms with Crippen LogP contribution >= 0.6 is 0 Å². The number of hydrogen-bond acceptors (Lipinski definition) is 4. The lowest BCUT2D eigenvalue weighted by Crippen LogP contribution is -2.55. The molecular formula is C11H21NO3S. The van der Waals surface area contributed by atoms with Gasteiger partial charge in [0.05, 0.1) is 17.6 Å². The van der Waals surface area contributed by atoms with Gasteiger partial charge in [0.1, 0.15) is 0 Å². The second kappa shape index (κ2) is 4.27. The summed E-state index contributed by atoms with van der Waals surface area (Å²) in [6, 6.07) is 0.440. The van der Waals surface area contributed by atoms with Crippen LogP contribution in [0.3, 0.4) is 0 Å². The molecule has 1 N–H and O–H groups in total. The molecule has 94 valence electrons. The van der Waals surface area contributed by atoms with Crippen molar-refractivity contribution in [3.05, 3.63) is 0 Å². The molecular weight excluding hydrogens is 226 g/mol. The molecule has 5 heteroatoms. The van der Waals surface area contributed by atoms with Crippen LogP contribution in [0.4, 0.5) is 0 Å². The first-order chi connectivity index (χ1) is 7.42. The summed E-state index contributed by atoms with van der Waals surface area (Å²) >= 11 is 0. The van der Waals surface area contributed by atoms with Gasteiger partial charge in [0.15, 0.2) is 9.84 Å². The van der Waals surface area contributed by atoms with E-state index in [1.54, 1.807) is 0 Å². The first-order valence-corrected chi connectivity index (χ1v) is 7.84. The lowest BCUT2D eigenvalue weighted by atomic mass is 9.86. The van der Waals surface area contributed by atoms with E-state index in [0.29, 0.717) is 17.9 Å². The van der Waals surface area contributed by atoms with Crippen LogP contribution in [-0.4, -0.2) is 44.2 Å². The van der Waals surface area contributed by atoms with Gasteiger partial charge in [-0.2, -0.15) is 0 Å². The Labute approximate surface area is 97.7 Å². The highest BCUT2D eigenvalue weighted by molar-refractivity contribution is 7.91. The van der Waals surface area contributed by atoms with Gasteiger partial charge in [0.2, 0.25) is 0 Å². The lowest BCUT2D eigenvalue weighted by molar-refractivity contribution is -0.0155. The summed E-state index contributed by atoms with van der Waals surface area (Å²) in [7, 11) is -2.80. The molecule has 1 saturated carbocycles. The maximum atomic E-state index is 11.4. The Bertz CT molecular complexity index is 348. The fourth-order valence-corrected chi connectivity index (χ4v) is 4.78. The van der Waals surface area contributed by atoms with E-state index in [1.165, 1.54) is 0 Å². The van der Waals surface area contributed by atoms with Crippen molar-refractivity contribution in [3.63, 3.8) is 0 Å². The molecule has 1 aliphatic heterocycles. The van der Waals surface area contributed by atoms with Crippen molar-refractivity contribution in [2.45, 2.75) is 50.8 Å². The van der Waals surface area contributed by atoms with Gasteiger partial charge in [-0.15, -0.1) is 0 Å². The number of nitrogens with one attached hydrogen (secondary N) is 1. The van der Waals surface area contributed by atoms with E-state index < -0.39 is 9.84 Å². The highest BCUT2D eigenvalue weighted by atomic mass is 32.2. The quantitative estimate of drug-likeness (QED) is 0.795. The third-order valence-electron chi connectivity index (χ3n) is 3.55. The molecule has 0 aromatic carbocycles. The van der Waals surface area contributed by atoms with Crippen LogP contribution in [-0.2, 0) is 14.6 Å². The predicted molar refractivity (Wildman–Crippen MR) is 63.2 cm³/mol. The average Bonchev–Trinajstić information content (AvgIpc) is 2.38. The van der Waals surface area contributed by atoms with Crippen LogP contribution in [0, 0.1) is 0 Å². The van der Waals surface area contributed by atoms with Crippen molar-refractivity contribution in [2.24, 2.45) is 0 Å². The summed E-state index contributed by atoms with van der Waals surface area (Å²) in [5.74, 6) is 0.619. The molecule has 2 fully saturated rings. The summed E-state index contributed by atoms with van der Waals surface area (Å²) in [6.07, 6.45) is 3.15. The number of hydrogen-bond donors (Lipinski definition) is 1. The summed E-state index contributed by atoms with van der Waals surface area (Å²) in [5, 5.41) is 3.48. The maximum absolute atomic E-state index is 11.4. The largest absolute Gasteiger partial charge is 0.378 e. The number of sulfone groups is 1. The molecule has 2 aliphatic rings. The number of ether oxygens (including phenoxy) is 1. The molecule has 0 bridgehead atoms. The van der Waals surface area contributed by atoms with Gasteiger partial charge < -0.3 is 10.1 Å². The highest BCUT2D eigenvalue weighted by Crippen LogP contribution is 2.29. The minimum atomic E-state index is -2.80. The van der Waals surface area contributed by atoms with E-state index >= 15 is 0 Å². The van der Waals surface area contributed by atoms with Crippen molar-refractivity contribution in [1.29, 1.82) is 0 Å². The SMILES string of the molecule is CCOC1CC(NC2(C)CCS(=O)(=O)C2)C1. The summed E-state index contributed by atoms with van der Waals surface area (Å²) < 4.78 is 28.4. The Morgan fingerprint density at radius 2 is 2.12 bits per heavy atom. The zero-order valence-corrected chi connectivity index (χ0v) is 10.8. The monoisotopic (exact) mass is 247 g/mol. The minimum Gasteiger partial charge on any atom is -0.378 e. The second-order valence-electron chi connectivity index (χ2n) is 5.29. The number of rotatable bonds is 4. The maximum Gasteiger partial charge on any atom is 0.152 e. The minimum absolute atomic E-state index is 0.208. The van der Waals surface area contributed by atoms with Gasteiger partial charge >= 0.3 is 0 Å². The molecule has 1 unspecified atom stereocenters. The zero-order valence-electron chi connectivity index (χ0n) is 10.0. The molecule has 2 rings (SSSR count). The second-order valence-corrected chi connectivity index (χ2v) is 7.48. The molecule has 0 radical (unpaired) electrons. The smallest absolute Gasteiger partial charge is 0.152 e. The third-order valence-corrected chi connectivity index (χ3v) is 5.46. The molecule has 0 aromatic heterocycles. The van der Waals surface area contributed by atoms with Crippen LogP contribution in [0.2, 0.25) is 0 Å². The topological polar surface area (TPSA) is 55.4 Å². The van der Waals surface area contributed by atoms with Gasteiger partial charge in [-0.3, -0.25) is 0 Å². The van der Waals surface area contributed by atoms with E-state index in [2.05, 4.69) is 5.32 Å². The summed E-state index contributed by atoms with van der Waals surface area (Å²) in [6.45, 7) is 4.79. The standard InChI is InChI=1S/C11H21NO3S/c1-3-15-10-6-9(7-10)12-11(2)4-5-16(13,14)8-11/h9-10,12H,3-8H2,1-2H3. The van der Waals surface area contributed by atoms with Crippen molar-refractivity contribution < 1.29 is 13.2 Å². The highest BCUT2D eigenvalue weighted by Gasteiger charge is 2.42. The van der Waals surface area contributed by atoms with Crippen LogP contribution in [0.1, 0.15) is 33.1 Å². The van der Waals surface area contributed by atoms with Crippen LogP contribution in [0.25, 0.3) is 0 Å². The van der Waals surface area contributed by atoms with E-state index in [0.717, 1.165) is 25.9 Å². The third kappa shape index (κ3) is 2.76. The first-order valence-electron chi connectivity index (χ1n) is 6.02. The molecule has 1 heterocycles. The first kappa shape index (κ1) is 12.3.